The minimum absolute atomic E-state index is 0.0257. The smallest absolute Gasteiger partial charge is 0.351 e. The lowest BCUT2D eigenvalue weighted by atomic mass is 10.0. The van der Waals surface area contributed by atoms with Crippen LogP contribution in [0.3, 0.4) is 0 Å². The highest BCUT2D eigenvalue weighted by atomic mass is 32.2. The number of nitrogens with zero attached hydrogens (tertiary/aromatic N) is 5. The molecule has 0 aromatic carbocycles. The molecule has 0 saturated heterocycles. The van der Waals surface area contributed by atoms with E-state index >= 15 is 0 Å². The molecular weight excluding hydrogens is 438 g/mol. The molecule has 0 aliphatic carbocycles. The third-order valence-electron chi connectivity index (χ3n) is 4.64. The summed E-state index contributed by atoms with van der Waals surface area (Å²) in [6.45, 7) is 4.34. The number of alkyl halides is 3. The van der Waals surface area contributed by atoms with Crippen molar-refractivity contribution in [2.75, 3.05) is 18.0 Å². The molecule has 0 radical (unpaired) electrons. The molecule has 2 N–H and O–H groups in total. The number of carbonyl (C=O) groups is 1. The fourth-order valence-corrected chi connectivity index (χ4v) is 3.61. The van der Waals surface area contributed by atoms with Crippen LogP contribution in [0.2, 0.25) is 0 Å². The number of hydrogen-bond acceptors (Lipinski definition) is 6. The number of anilines is 1. The van der Waals surface area contributed by atoms with Gasteiger partial charge in [-0.05, 0) is 6.07 Å². The van der Waals surface area contributed by atoms with E-state index in [2.05, 4.69) is 25.5 Å². The number of amides is 1. The highest BCUT2D eigenvalue weighted by molar-refractivity contribution is 7.92. The Morgan fingerprint density at radius 2 is 2.10 bits per heavy atom. The summed E-state index contributed by atoms with van der Waals surface area (Å²) in [5.74, 6) is -0.0838. The normalized spacial score (nSPS) is 13.5. The van der Waals surface area contributed by atoms with E-state index in [1.54, 1.807) is 12.3 Å². The van der Waals surface area contributed by atoms with E-state index in [1.807, 2.05) is 18.7 Å². The molecule has 4 heterocycles. The van der Waals surface area contributed by atoms with Crippen LogP contribution in [0, 0.1) is 0 Å². The maximum Gasteiger partial charge on any atom is 0.390 e. The van der Waals surface area contributed by atoms with E-state index in [9.17, 15) is 21.9 Å². The molecule has 0 fully saturated rings. The first-order valence-corrected chi connectivity index (χ1v) is 10.3. The predicted molar refractivity (Wildman–Crippen MR) is 109 cm³/mol. The molecule has 3 aromatic rings. The highest BCUT2D eigenvalue weighted by Crippen LogP contribution is 2.30. The number of halogens is 4. The van der Waals surface area contributed by atoms with E-state index in [-0.39, 0.29) is 24.6 Å². The lowest BCUT2D eigenvalue weighted by Crippen LogP contribution is -2.33. The van der Waals surface area contributed by atoms with Gasteiger partial charge in [-0.15, -0.1) is 3.89 Å². The van der Waals surface area contributed by atoms with E-state index < -0.39 is 25.0 Å². The molecule has 0 atom stereocenters. The van der Waals surface area contributed by atoms with Crippen molar-refractivity contribution in [3.63, 3.8) is 0 Å². The third kappa shape index (κ3) is 4.92. The minimum Gasteiger partial charge on any atom is -0.351 e. The van der Waals surface area contributed by atoms with Crippen LogP contribution in [0.5, 0.6) is 0 Å². The molecule has 3 aromatic heterocycles. The average Bonchev–Trinajstić information content (AvgIpc) is 3.37. The van der Waals surface area contributed by atoms with Crippen molar-refractivity contribution < 1.29 is 21.9 Å². The number of H-pyrrole nitrogens is 1. The maximum atomic E-state index is 13.0. The second kappa shape index (κ2) is 9.54. The first-order valence-electron chi connectivity index (χ1n) is 9.64. The fraction of sp³-hybridized carbons (Fsp3) is 0.444. The van der Waals surface area contributed by atoms with Crippen LogP contribution in [0.4, 0.5) is 22.9 Å². The van der Waals surface area contributed by atoms with Gasteiger partial charge in [0.05, 0.1) is 11.8 Å². The second-order valence-electron chi connectivity index (χ2n) is 6.47. The van der Waals surface area contributed by atoms with Crippen LogP contribution in [-0.4, -0.2) is 49.3 Å². The van der Waals surface area contributed by atoms with Gasteiger partial charge >= 0.3 is 6.18 Å². The fourth-order valence-electron chi connectivity index (χ4n) is 3.29. The van der Waals surface area contributed by atoms with Crippen LogP contribution in [0.1, 0.15) is 42.0 Å². The molecule has 31 heavy (non-hydrogen) atoms. The monoisotopic (exact) mass is 459 g/mol. The topological polar surface area (TPSA) is 91.7 Å². The van der Waals surface area contributed by atoms with Gasteiger partial charge < -0.3 is 10.2 Å². The number of carbonyl (C=O) groups excluding carboxylic acids is 1. The number of fused-ring (bicyclic) bond motifs is 2. The van der Waals surface area contributed by atoms with Gasteiger partial charge in [0.25, 0.3) is 5.91 Å². The zero-order valence-corrected chi connectivity index (χ0v) is 17.6. The first-order chi connectivity index (χ1) is 14.9. The number of aromatic nitrogens is 5. The van der Waals surface area contributed by atoms with Crippen LogP contribution >= 0.6 is 12.3 Å². The molecule has 0 bridgehead atoms. The summed E-state index contributed by atoms with van der Waals surface area (Å²) >= 11 is 0.0257. The van der Waals surface area contributed by atoms with Gasteiger partial charge in [0.15, 0.2) is 23.7 Å². The number of nitrogens with one attached hydrogen (secondary N) is 2. The summed E-state index contributed by atoms with van der Waals surface area (Å²) in [6.07, 6.45) is -2.04. The Hall–Kier alpha value is -2.83. The van der Waals surface area contributed by atoms with Crippen molar-refractivity contribution in [3.05, 3.63) is 35.5 Å². The summed E-state index contributed by atoms with van der Waals surface area (Å²) in [6, 6.07) is 1.70. The molecule has 1 aliphatic heterocycles. The summed E-state index contributed by atoms with van der Waals surface area (Å²) in [5.41, 5.74) is 1.84. The number of rotatable bonds is 5. The van der Waals surface area contributed by atoms with E-state index in [0.29, 0.717) is 35.4 Å². The molecule has 13 heteroatoms. The summed E-state index contributed by atoms with van der Waals surface area (Å²) < 4.78 is 51.2. The lowest BCUT2D eigenvalue weighted by molar-refractivity contribution is -0.133. The standard InChI is InChI=1S/C16H15F4N7OS.C2H6/c17-16(18,19)3-4-21-15(28)12-10-7-26(5-2-11(10)24-25-12)13-9-1-6-27(29-20)14(9)23-8-22-13;1-2/h1,6,8H,2-5,7H2,(H,21,28)(H,24,25);1-2H3. The van der Waals surface area contributed by atoms with E-state index in [4.69, 9.17) is 0 Å². The number of aromatic amines is 1. The molecular formula is C18H21F4N7OS. The Labute approximate surface area is 179 Å². The largest absolute Gasteiger partial charge is 0.390 e. The Bertz CT molecular complexity index is 1050. The SMILES string of the molecule is CC.O=C(NCCC(F)(F)F)c1n[nH]c2c1CN(c1ncnc3c1ccn3SF)CC2. The molecule has 1 amide bonds. The second-order valence-corrected chi connectivity index (χ2v) is 7.00. The molecule has 0 unspecified atom stereocenters. The molecule has 4 rings (SSSR count). The van der Waals surface area contributed by atoms with Crippen molar-refractivity contribution in [3.8, 4) is 0 Å². The Balaban J connectivity index is 0.00000132. The number of hydrogen-bond donors (Lipinski definition) is 2. The van der Waals surface area contributed by atoms with Crippen molar-refractivity contribution in [2.24, 2.45) is 0 Å². The molecule has 1 aliphatic rings. The highest BCUT2D eigenvalue weighted by Gasteiger charge is 2.29. The Kier molecular flexibility index (Phi) is 7.03. The Morgan fingerprint density at radius 1 is 1.32 bits per heavy atom. The minimum atomic E-state index is -4.35. The molecule has 0 saturated carbocycles. The quantitative estimate of drug-likeness (QED) is 0.564. The van der Waals surface area contributed by atoms with Crippen molar-refractivity contribution in [2.45, 2.75) is 39.4 Å². The van der Waals surface area contributed by atoms with Crippen LogP contribution in [-0.2, 0) is 13.0 Å². The van der Waals surface area contributed by atoms with Crippen LogP contribution < -0.4 is 10.2 Å². The van der Waals surface area contributed by atoms with Gasteiger partial charge in [0, 0.05) is 43.5 Å². The zero-order chi connectivity index (χ0) is 22.6. The summed E-state index contributed by atoms with van der Waals surface area (Å²) in [5, 5.41) is 9.68. The summed E-state index contributed by atoms with van der Waals surface area (Å²) in [7, 11) is 0. The van der Waals surface area contributed by atoms with Gasteiger partial charge in [-0.3, -0.25) is 9.89 Å². The Morgan fingerprint density at radius 3 is 2.81 bits per heavy atom. The average molecular weight is 459 g/mol. The predicted octanol–water partition coefficient (Wildman–Crippen LogP) is 3.81. The van der Waals surface area contributed by atoms with Gasteiger partial charge in [-0.25, -0.2) is 13.9 Å². The molecule has 168 valence electrons. The van der Waals surface area contributed by atoms with Crippen molar-refractivity contribution >= 4 is 35.1 Å². The van der Waals surface area contributed by atoms with Crippen LogP contribution in [0.15, 0.2) is 18.6 Å². The molecule has 8 nitrogen and oxygen atoms in total. The van der Waals surface area contributed by atoms with Gasteiger partial charge in [0.2, 0.25) is 0 Å². The maximum absolute atomic E-state index is 13.0. The van der Waals surface area contributed by atoms with E-state index in [0.717, 1.165) is 5.69 Å². The summed E-state index contributed by atoms with van der Waals surface area (Å²) in [4.78, 5) is 22.6. The van der Waals surface area contributed by atoms with E-state index in [1.165, 1.54) is 10.3 Å². The van der Waals surface area contributed by atoms with Crippen LogP contribution in [0.25, 0.3) is 11.0 Å². The van der Waals surface area contributed by atoms with Crippen molar-refractivity contribution in [1.82, 2.24) is 29.5 Å². The lowest BCUT2D eigenvalue weighted by Gasteiger charge is -2.28. The zero-order valence-electron chi connectivity index (χ0n) is 16.8. The van der Waals surface area contributed by atoms with Gasteiger partial charge in [0.1, 0.15) is 12.1 Å². The van der Waals surface area contributed by atoms with Gasteiger partial charge in [-0.1, -0.05) is 13.8 Å². The van der Waals surface area contributed by atoms with Gasteiger partial charge in [-0.2, -0.15) is 18.3 Å². The molecule has 0 spiro atoms. The van der Waals surface area contributed by atoms with Crippen molar-refractivity contribution in [1.29, 1.82) is 0 Å². The first kappa shape index (κ1) is 22.8. The third-order valence-corrected chi connectivity index (χ3v) is 5.09.